The van der Waals surface area contributed by atoms with Gasteiger partial charge in [-0.25, -0.2) is 4.79 Å². The Labute approximate surface area is 140 Å². The van der Waals surface area contributed by atoms with Gasteiger partial charge in [0, 0.05) is 5.69 Å². The monoisotopic (exact) mass is 323 g/mol. The third kappa shape index (κ3) is 5.39. The van der Waals surface area contributed by atoms with Gasteiger partial charge in [0.2, 0.25) is 0 Å². The van der Waals surface area contributed by atoms with Crippen molar-refractivity contribution in [1.29, 1.82) is 0 Å². The maximum absolute atomic E-state index is 11.6. The van der Waals surface area contributed by atoms with Gasteiger partial charge in [-0.15, -0.1) is 0 Å². The van der Waals surface area contributed by atoms with Crippen molar-refractivity contribution in [1.82, 2.24) is 5.32 Å². The minimum atomic E-state index is -0.558. The summed E-state index contributed by atoms with van der Waals surface area (Å²) in [5.41, 5.74) is 6.26. The molecule has 0 fully saturated rings. The number of nitrogens with two attached hydrogens (primary N) is 1. The van der Waals surface area contributed by atoms with Gasteiger partial charge in [-0.05, 0) is 24.3 Å². The summed E-state index contributed by atoms with van der Waals surface area (Å²) >= 11 is 0. The van der Waals surface area contributed by atoms with Gasteiger partial charge in [0.15, 0.2) is 0 Å². The fourth-order valence-corrected chi connectivity index (χ4v) is 1.84. The number of anilines is 1. The minimum Gasteiger partial charge on any atom is -0.480 e. The predicted octanol–water partition coefficient (Wildman–Crippen LogP) is 1.99. The Hall–Kier alpha value is -3.46. The van der Waals surface area contributed by atoms with Crippen LogP contribution in [0.2, 0.25) is 0 Å². The number of rotatable bonds is 5. The molecule has 0 aliphatic carbocycles. The van der Waals surface area contributed by atoms with Crippen LogP contribution in [-0.4, -0.2) is 25.1 Å². The summed E-state index contributed by atoms with van der Waals surface area (Å²) in [5.74, 6) is 5.34. The van der Waals surface area contributed by atoms with E-state index in [0.29, 0.717) is 17.0 Å². The van der Waals surface area contributed by atoms with E-state index < -0.39 is 5.91 Å². The molecule has 2 aromatic rings. The zero-order valence-corrected chi connectivity index (χ0v) is 12.9. The van der Waals surface area contributed by atoms with Crippen molar-refractivity contribution in [3.63, 3.8) is 0 Å². The number of ether oxygens (including phenoxy) is 1. The van der Waals surface area contributed by atoms with Gasteiger partial charge in [-0.3, -0.25) is 4.79 Å². The molecule has 6 nitrogen and oxygen atoms in total. The summed E-state index contributed by atoms with van der Waals surface area (Å²) in [6, 6.07) is 15.4. The number of nitrogens with one attached hydrogen (secondary N) is 2. The molecule has 6 heteroatoms. The number of carbonyl (C=O) groups excluding carboxylic acids is 2. The maximum atomic E-state index is 11.6. The van der Waals surface area contributed by atoms with Gasteiger partial charge in [0.25, 0.3) is 5.91 Å². The Kier molecular flexibility index (Phi) is 6.24. The molecule has 0 atom stereocenters. The van der Waals surface area contributed by atoms with Gasteiger partial charge < -0.3 is 21.1 Å². The van der Waals surface area contributed by atoms with E-state index in [2.05, 4.69) is 22.5 Å². The lowest BCUT2D eigenvalue weighted by molar-refractivity contribution is 0.0997. The fourth-order valence-electron chi connectivity index (χ4n) is 1.84. The largest absolute Gasteiger partial charge is 0.480 e. The van der Waals surface area contributed by atoms with Crippen molar-refractivity contribution < 1.29 is 14.3 Å². The van der Waals surface area contributed by atoms with Crippen LogP contribution in [0.3, 0.4) is 0 Å². The first-order valence-corrected chi connectivity index (χ1v) is 7.24. The van der Waals surface area contributed by atoms with Crippen LogP contribution >= 0.6 is 0 Å². The highest BCUT2D eigenvalue weighted by atomic mass is 16.5. The van der Waals surface area contributed by atoms with E-state index in [1.165, 1.54) is 0 Å². The molecular formula is C18H17N3O3. The quantitative estimate of drug-likeness (QED) is 0.735. The zero-order chi connectivity index (χ0) is 17.2. The molecule has 2 aromatic carbocycles. The highest BCUT2D eigenvalue weighted by Crippen LogP contribution is 2.16. The molecule has 24 heavy (non-hydrogen) atoms. The average Bonchev–Trinajstić information content (AvgIpc) is 2.59. The number of carbonyl (C=O) groups is 2. The lowest BCUT2D eigenvalue weighted by Crippen LogP contribution is -2.28. The van der Waals surface area contributed by atoms with Crippen LogP contribution in [0.5, 0.6) is 5.75 Å². The second-order valence-corrected chi connectivity index (χ2v) is 4.68. The second-order valence-electron chi connectivity index (χ2n) is 4.68. The first-order valence-electron chi connectivity index (χ1n) is 7.24. The molecule has 0 aromatic heterocycles. The Morgan fingerprint density at radius 1 is 1.00 bits per heavy atom. The van der Waals surface area contributed by atoms with Crippen molar-refractivity contribution in [3.8, 4) is 17.6 Å². The first-order chi connectivity index (χ1) is 11.7. The number of amides is 3. The standard InChI is InChI=1S/C18H17N3O3/c19-17(22)15-10-4-5-11-16(15)24-13-7-6-12-20-18(23)21-14-8-2-1-3-9-14/h1-5,8-11H,12-13H2,(H2,19,22)(H2,20,21,23). The van der Waals surface area contributed by atoms with Gasteiger partial charge in [-0.2, -0.15) is 0 Å². The highest BCUT2D eigenvalue weighted by molar-refractivity contribution is 5.95. The number of para-hydroxylation sites is 2. The molecule has 0 aliphatic rings. The van der Waals surface area contributed by atoms with Gasteiger partial charge in [-0.1, -0.05) is 42.2 Å². The zero-order valence-electron chi connectivity index (χ0n) is 12.9. The summed E-state index contributed by atoms with van der Waals surface area (Å²) in [6.07, 6.45) is 0. The fraction of sp³-hybridized carbons (Fsp3) is 0.111. The Balaban J connectivity index is 1.73. The van der Waals surface area contributed by atoms with Crippen molar-refractivity contribution in [2.75, 3.05) is 18.5 Å². The topological polar surface area (TPSA) is 93.5 Å². The van der Waals surface area contributed by atoms with Crippen molar-refractivity contribution in [2.45, 2.75) is 0 Å². The van der Waals surface area contributed by atoms with Crippen LogP contribution in [0.25, 0.3) is 0 Å². The van der Waals surface area contributed by atoms with Gasteiger partial charge in [0.1, 0.15) is 12.4 Å². The van der Waals surface area contributed by atoms with E-state index in [0.717, 1.165) is 0 Å². The molecule has 4 N–H and O–H groups in total. The molecule has 2 rings (SSSR count). The summed E-state index contributed by atoms with van der Waals surface area (Å²) in [4.78, 5) is 22.8. The molecule has 0 bridgehead atoms. The smallest absolute Gasteiger partial charge is 0.319 e. The minimum absolute atomic E-state index is 0.0896. The molecule has 0 aliphatic heterocycles. The summed E-state index contributed by atoms with van der Waals surface area (Å²) in [7, 11) is 0. The van der Waals surface area contributed by atoms with E-state index >= 15 is 0 Å². The number of urea groups is 1. The van der Waals surface area contributed by atoms with Gasteiger partial charge >= 0.3 is 6.03 Å². The van der Waals surface area contributed by atoms with E-state index in [1.807, 2.05) is 18.2 Å². The molecule has 0 unspecified atom stereocenters. The lowest BCUT2D eigenvalue weighted by Gasteiger charge is -2.06. The molecule has 0 saturated carbocycles. The Bertz CT molecular complexity index is 764. The van der Waals surface area contributed by atoms with Crippen molar-refractivity contribution >= 4 is 17.6 Å². The molecule has 0 spiro atoms. The maximum Gasteiger partial charge on any atom is 0.319 e. The number of primary amides is 1. The molecule has 3 amide bonds. The van der Waals surface area contributed by atoms with E-state index in [4.69, 9.17) is 10.5 Å². The third-order valence-electron chi connectivity index (χ3n) is 2.95. The first kappa shape index (κ1) is 16.9. The summed E-state index contributed by atoms with van der Waals surface area (Å²) in [5, 5.41) is 5.28. The lowest BCUT2D eigenvalue weighted by atomic mass is 10.2. The molecular weight excluding hydrogens is 306 g/mol. The number of benzene rings is 2. The third-order valence-corrected chi connectivity index (χ3v) is 2.95. The molecule has 122 valence electrons. The van der Waals surface area contributed by atoms with Crippen LogP contribution < -0.4 is 21.1 Å². The van der Waals surface area contributed by atoms with E-state index in [-0.39, 0.29) is 19.2 Å². The van der Waals surface area contributed by atoms with Crippen molar-refractivity contribution in [2.24, 2.45) is 5.73 Å². The predicted molar refractivity (Wildman–Crippen MR) is 91.7 cm³/mol. The highest BCUT2D eigenvalue weighted by Gasteiger charge is 2.07. The average molecular weight is 323 g/mol. The van der Waals surface area contributed by atoms with Crippen LogP contribution in [0.15, 0.2) is 54.6 Å². The Morgan fingerprint density at radius 2 is 1.71 bits per heavy atom. The SMILES string of the molecule is NC(=O)c1ccccc1OCC#CCNC(=O)Nc1ccccc1. The van der Waals surface area contributed by atoms with Crippen LogP contribution in [0.4, 0.5) is 10.5 Å². The van der Waals surface area contributed by atoms with Gasteiger partial charge in [0.05, 0.1) is 12.1 Å². The summed E-state index contributed by atoms with van der Waals surface area (Å²) in [6.45, 7) is 0.270. The Morgan fingerprint density at radius 3 is 2.46 bits per heavy atom. The summed E-state index contributed by atoms with van der Waals surface area (Å²) < 4.78 is 5.40. The van der Waals surface area contributed by atoms with Crippen molar-refractivity contribution in [3.05, 3.63) is 60.2 Å². The number of hydrogen-bond donors (Lipinski definition) is 3. The van der Waals surface area contributed by atoms with E-state index in [1.54, 1.807) is 36.4 Å². The van der Waals surface area contributed by atoms with E-state index in [9.17, 15) is 9.59 Å². The molecule has 0 radical (unpaired) electrons. The van der Waals surface area contributed by atoms with Crippen LogP contribution in [0.1, 0.15) is 10.4 Å². The molecule has 0 saturated heterocycles. The number of hydrogen-bond acceptors (Lipinski definition) is 3. The van der Waals surface area contributed by atoms with Crippen LogP contribution in [0, 0.1) is 11.8 Å². The van der Waals surface area contributed by atoms with Crippen LogP contribution in [-0.2, 0) is 0 Å². The second kappa shape index (κ2) is 8.86. The normalized spacial score (nSPS) is 9.33. The molecule has 0 heterocycles.